The molecule has 0 radical (unpaired) electrons. The van der Waals surface area contributed by atoms with Gasteiger partial charge in [-0.1, -0.05) is 42.5 Å². The van der Waals surface area contributed by atoms with Gasteiger partial charge < -0.3 is 9.47 Å². The van der Waals surface area contributed by atoms with E-state index in [4.69, 9.17) is 9.57 Å². The van der Waals surface area contributed by atoms with Crippen LogP contribution in [0.25, 0.3) is 6.08 Å². The van der Waals surface area contributed by atoms with Crippen molar-refractivity contribution in [3.8, 4) is 0 Å². The van der Waals surface area contributed by atoms with Crippen molar-refractivity contribution in [2.75, 3.05) is 27.4 Å². The lowest BCUT2D eigenvalue weighted by Crippen LogP contribution is -2.35. The third-order valence-electron chi connectivity index (χ3n) is 3.72. The van der Waals surface area contributed by atoms with Crippen molar-refractivity contribution in [1.82, 2.24) is 5.06 Å². The number of hydrogen-bond acceptors (Lipinski definition) is 6. The van der Waals surface area contributed by atoms with E-state index in [1.807, 2.05) is 42.5 Å². The van der Waals surface area contributed by atoms with Crippen LogP contribution in [-0.4, -0.2) is 50.4 Å². The first-order valence-electron chi connectivity index (χ1n) is 7.43. The standard InChI is InChI=1S/C17H21NO5/c1-21-16(19)10-11-18-15(14(12-23-18)17(20)22-2)9-8-13-6-4-3-5-7-13/h3-9,14-15H,10-12H2,1-2H3/b9-8+/t14-,15-/m0/s1. The Kier molecular flexibility index (Phi) is 6.31. The molecule has 0 spiro atoms. The lowest BCUT2D eigenvalue weighted by molar-refractivity contribution is -0.149. The fourth-order valence-corrected chi connectivity index (χ4v) is 2.44. The van der Waals surface area contributed by atoms with Gasteiger partial charge in [0.25, 0.3) is 0 Å². The first kappa shape index (κ1) is 17.2. The van der Waals surface area contributed by atoms with Gasteiger partial charge in [0.1, 0.15) is 5.92 Å². The maximum absolute atomic E-state index is 11.9. The van der Waals surface area contributed by atoms with Gasteiger partial charge in [-0.3, -0.25) is 14.4 Å². The third kappa shape index (κ3) is 4.64. The molecular weight excluding hydrogens is 298 g/mol. The molecule has 2 rings (SSSR count). The van der Waals surface area contributed by atoms with Gasteiger partial charge in [-0.25, -0.2) is 0 Å². The summed E-state index contributed by atoms with van der Waals surface area (Å²) in [4.78, 5) is 28.8. The molecule has 23 heavy (non-hydrogen) atoms. The lowest BCUT2D eigenvalue weighted by Gasteiger charge is -2.21. The Morgan fingerprint density at radius 2 is 2.00 bits per heavy atom. The number of esters is 2. The van der Waals surface area contributed by atoms with E-state index in [9.17, 15) is 9.59 Å². The van der Waals surface area contributed by atoms with Crippen LogP contribution in [0.1, 0.15) is 12.0 Å². The highest BCUT2D eigenvalue weighted by Gasteiger charge is 2.39. The SMILES string of the molecule is COC(=O)CCN1OC[C@H](C(=O)OC)[C@@H]1/C=C/c1ccccc1. The van der Waals surface area contributed by atoms with E-state index in [1.165, 1.54) is 14.2 Å². The fourth-order valence-electron chi connectivity index (χ4n) is 2.44. The van der Waals surface area contributed by atoms with Gasteiger partial charge in [-0.05, 0) is 5.56 Å². The second-order valence-corrected chi connectivity index (χ2v) is 5.15. The Morgan fingerprint density at radius 1 is 1.26 bits per heavy atom. The monoisotopic (exact) mass is 319 g/mol. The van der Waals surface area contributed by atoms with Gasteiger partial charge in [0.05, 0.1) is 33.3 Å². The van der Waals surface area contributed by atoms with Crippen LogP contribution in [0.15, 0.2) is 36.4 Å². The smallest absolute Gasteiger partial charge is 0.313 e. The average molecular weight is 319 g/mol. The number of rotatable bonds is 6. The van der Waals surface area contributed by atoms with E-state index in [2.05, 4.69) is 4.74 Å². The highest BCUT2D eigenvalue weighted by molar-refractivity contribution is 5.74. The maximum atomic E-state index is 11.9. The number of benzene rings is 1. The van der Waals surface area contributed by atoms with Crippen LogP contribution in [0.5, 0.6) is 0 Å². The summed E-state index contributed by atoms with van der Waals surface area (Å²) < 4.78 is 9.48. The molecule has 1 fully saturated rings. The predicted molar refractivity (Wildman–Crippen MR) is 84.1 cm³/mol. The minimum atomic E-state index is -0.419. The van der Waals surface area contributed by atoms with Gasteiger partial charge >= 0.3 is 11.9 Å². The summed E-state index contributed by atoms with van der Waals surface area (Å²) in [6.45, 7) is 0.585. The van der Waals surface area contributed by atoms with E-state index >= 15 is 0 Å². The van der Waals surface area contributed by atoms with E-state index in [1.54, 1.807) is 5.06 Å². The normalized spacial score (nSPS) is 21.5. The molecule has 2 atom stereocenters. The van der Waals surface area contributed by atoms with Crippen molar-refractivity contribution in [2.45, 2.75) is 12.5 Å². The first-order valence-corrected chi connectivity index (χ1v) is 7.43. The van der Waals surface area contributed by atoms with Crippen molar-refractivity contribution in [3.63, 3.8) is 0 Å². The van der Waals surface area contributed by atoms with Gasteiger partial charge in [0.15, 0.2) is 0 Å². The highest BCUT2D eigenvalue weighted by atomic mass is 16.7. The Balaban J connectivity index is 2.10. The zero-order chi connectivity index (χ0) is 16.7. The predicted octanol–water partition coefficient (Wildman–Crippen LogP) is 1.67. The molecule has 1 aliphatic heterocycles. The van der Waals surface area contributed by atoms with E-state index in [-0.39, 0.29) is 31.0 Å². The first-order chi connectivity index (χ1) is 11.2. The molecule has 0 bridgehead atoms. The summed E-state index contributed by atoms with van der Waals surface area (Å²) in [6.07, 6.45) is 4.03. The molecule has 124 valence electrons. The molecule has 6 heteroatoms. The Hall–Kier alpha value is -2.18. The molecule has 1 heterocycles. The number of hydrogen-bond donors (Lipinski definition) is 0. The molecule has 6 nitrogen and oxygen atoms in total. The van der Waals surface area contributed by atoms with Gasteiger partial charge in [0.2, 0.25) is 0 Å². The van der Waals surface area contributed by atoms with Gasteiger partial charge in [-0.2, -0.15) is 5.06 Å². The Morgan fingerprint density at radius 3 is 2.65 bits per heavy atom. The van der Waals surface area contributed by atoms with E-state index in [0.717, 1.165) is 5.56 Å². The molecule has 1 aromatic rings. The van der Waals surface area contributed by atoms with Crippen molar-refractivity contribution < 1.29 is 23.9 Å². The maximum Gasteiger partial charge on any atom is 0.313 e. The zero-order valence-electron chi connectivity index (χ0n) is 13.3. The summed E-state index contributed by atoms with van der Waals surface area (Å²) in [5.41, 5.74) is 1.02. The Labute approximate surface area is 135 Å². The third-order valence-corrected chi connectivity index (χ3v) is 3.72. The van der Waals surface area contributed by atoms with Crippen LogP contribution in [0.3, 0.4) is 0 Å². The topological polar surface area (TPSA) is 65.1 Å². The van der Waals surface area contributed by atoms with Crippen LogP contribution in [0.4, 0.5) is 0 Å². The lowest BCUT2D eigenvalue weighted by atomic mass is 10.00. The second-order valence-electron chi connectivity index (χ2n) is 5.15. The van der Waals surface area contributed by atoms with Crippen LogP contribution in [0, 0.1) is 5.92 Å². The Bertz CT molecular complexity index is 557. The van der Waals surface area contributed by atoms with E-state index in [0.29, 0.717) is 6.54 Å². The molecule has 0 N–H and O–H groups in total. The second kappa shape index (κ2) is 8.45. The number of nitrogens with zero attached hydrogens (tertiary/aromatic N) is 1. The summed E-state index contributed by atoms with van der Waals surface area (Å²) in [6, 6.07) is 9.48. The number of carbonyl (C=O) groups is 2. The van der Waals surface area contributed by atoms with Gasteiger partial charge in [-0.15, -0.1) is 0 Å². The van der Waals surface area contributed by atoms with Crippen LogP contribution < -0.4 is 0 Å². The van der Waals surface area contributed by atoms with Crippen LogP contribution in [0.2, 0.25) is 0 Å². The average Bonchev–Trinajstić information content (AvgIpc) is 3.00. The summed E-state index contributed by atoms with van der Waals surface area (Å²) >= 11 is 0. The van der Waals surface area contributed by atoms with E-state index < -0.39 is 5.92 Å². The van der Waals surface area contributed by atoms with Crippen LogP contribution in [-0.2, 0) is 23.9 Å². The molecule has 0 saturated carbocycles. The zero-order valence-corrected chi connectivity index (χ0v) is 13.3. The highest BCUT2D eigenvalue weighted by Crippen LogP contribution is 2.25. The quantitative estimate of drug-likeness (QED) is 0.743. The summed E-state index contributed by atoms with van der Waals surface area (Å²) in [7, 11) is 2.70. The summed E-state index contributed by atoms with van der Waals surface area (Å²) in [5.74, 6) is -1.06. The number of methoxy groups -OCH3 is 2. The van der Waals surface area contributed by atoms with Crippen molar-refractivity contribution >= 4 is 18.0 Å². The molecule has 1 saturated heterocycles. The minimum Gasteiger partial charge on any atom is -0.469 e. The number of hydroxylamine groups is 2. The molecule has 0 aliphatic carbocycles. The van der Waals surface area contributed by atoms with Crippen molar-refractivity contribution in [3.05, 3.63) is 42.0 Å². The van der Waals surface area contributed by atoms with Crippen molar-refractivity contribution in [2.24, 2.45) is 5.92 Å². The van der Waals surface area contributed by atoms with Gasteiger partial charge in [0, 0.05) is 6.54 Å². The van der Waals surface area contributed by atoms with Crippen LogP contribution >= 0.6 is 0 Å². The molecular formula is C17H21NO5. The summed E-state index contributed by atoms with van der Waals surface area (Å²) in [5, 5.41) is 1.64. The number of ether oxygens (including phenoxy) is 2. The fraction of sp³-hybridized carbons (Fsp3) is 0.412. The molecule has 0 unspecified atom stereocenters. The minimum absolute atomic E-state index is 0.195. The molecule has 1 aromatic carbocycles. The molecule has 0 amide bonds. The van der Waals surface area contributed by atoms with Crippen molar-refractivity contribution in [1.29, 1.82) is 0 Å². The molecule has 1 aliphatic rings. The molecule has 0 aromatic heterocycles. The number of carbonyl (C=O) groups excluding carboxylic acids is 2. The largest absolute Gasteiger partial charge is 0.469 e.